The van der Waals surface area contributed by atoms with Gasteiger partial charge in [0.05, 0.1) is 4.92 Å². The van der Waals surface area contributed by atoms with E-state index in [-0.39, 0.29) is 36.4 Å². The summed E-state index contributed by atoms with van der Waals surface area (Å²) in [6.07, 6.45) is 0.174. The summed E-state index contributed by atoms with van der Waals surface area (Å²) >= 11 is 11.5. The third kappa shape index (κ3) is 2.50. The number of nitrogens with zero attached hydrogens (tertiary/aromatic N) is 2. The maximum atomic E-state index is 13.5. The quantitative estimate of drug-likeness (QED) is 0.490. The molecule has 0 radical (unpaired) electrons. The molecule has 102 valence electrons. The van der Waals surface area contributed by atoms with Crippen molar-refractivity contribution in [3.8, 4) is 0 Å². The van der Waals surface area contributed by atoms with Gasteiger partial charge in [-0.25, -0.2) is 4.39 Å². The molecule has 1 saturated heterocycles. The van der Waals surface area contributed by atoms with Crippen LogP contribution in [0.2, 0.25) is 5.02 Å². The van der Waals surface area contributed by atoms with Crippen LogP contribution in [-0.2, 0) is 4.79 Å². The summed E-state index contributed by atoms with van der Waals surface area (Å²) in [6.45, 7) is 0.201. The Morgan fingerprint density at radius 2 is 2.21 bits per heavy atom. The van der Waals surface area contributed by atoms with Crippen LogP contribution in [0.5, 0.6) is 0 Å². The highest BCUT2D eigenvalue weighted by Crippen LogP contribution is 2.40. The number of carbonyl (C=O) groups is 1. The summed E-state index contributed by atoms with van der Waals surface area (Å²) in [5.74, 6) is -1.01. The van der Waals surface area contributed by atoms with Crippen LogP contribution in [0, 0.1) is 21.8 Å². The first-order valence-corrected chi connectivity index (χ1v) is 6.35. The predicted molar refractivity (Wildman–Crippen MR) is 69.2 cm³/mol. The van der Waals surface area contributed by atoms with Gasteiger partial charge in [0, 0.05) is 24.9 Å². The summed E-state index contributed by atoms with van der Waals surface area (Å²) in [7, 11) is 0. The number of carbonyl (C=O) groups excluding carboxylic acids is 1. The van der Waals surface area contributed by atoms with Crippen LogP contribution in [0.15, 0.2) is 12.1 Å². The van der Waals surface area contributed by atoms with E-state index in [0.29, 0.717) is 0 Å². The van der Waals surface area contributed by atoms with E-state index in [1.54, 1.807) is 0 Å². The molecule has 1 aromatic carbocycles. The summed E-state index contributed by atoms with van der Waals surface area (Å²) in [5.41, 5.74) is -0.584. The van der Waals surface area contributed by atoms with Gasteiger partial charge in [0.2, 0.25) is 5.91 Å². The molecule has 0 spiro atoms. The lowest BCUT2D eigenvalue weighted by Crippen LogP contribution is -2.26. The van der Waals surface area contributed by atoms with Gasteiger partial charge in [-0.2, -0.15) is 0 Å². The van der Waals surface area contributed by atoms with E-state index in [9.17, 15) is 19.3 Å². The molecule has 19 heavy (non-hydrogen) atoms. The maximum absolute atomic E-state index is 13.5. The fourth-order valence-electron chi connectivity index (χ4n) is 2.03. The summed E-state index contributed by atoms with van der Waals surface area (Å²) in [6, 6.07) is 1.90. The van der Waals surface area contributed by atoms with Crippen LogP contribution < -0.4 is 4.90 Å². The molecular weight excluding hydrogens is 298 g/mol. The second kappa shape index (κ2) is 5.30. The van der Waals surface area contributed by atoms with Gasteiger partial charge in [-0.05, 0) is 12.0 Å². The van der Waals surface area contributed by atoms with Crippen molar-refractivity contribution >= 4 is 40.5 Å². The minimum Gasteiger partial charge on any atom is -0.305 e. The van der Waals surface area contributed by atoms with Crippen molar-refractivity contribution < 1.29 is 14.1 Å². The third-order valence-corrected chi connectivity index (χ3v) is 3.73. The molecule has 1 heterocycles. The van der Waals surface area contributed by atoms with Gasteiger partial charge in [-0.1, -0.05) is 11.6 Å². The molecule has 1 aliphatic heterocycles. The average molecular weight is 307 g/mol. The molecule has 1 aromatic rings. The van der Waals surface area contributed by atoms with Gasteiger partial charge in [0.15, 0.2) is 0 Å². The first-order chi connectivity index (χ1) is 8.95. The standard InChI is InChI=1S/C11H9Cl2FN2O3/c12-4-6-3-9(17)15(5-6)11-8(16(18)19)2-1-7(14)10(11)13/h1-2,6H,3-5H2. The monoisotopic (exact) mass is 306 g/mol. The van der Waals surface area contributed by atoms with Crippen molar-refractivity contribution in [1.29, 1.82) is 0 Å². The first kappa shape index (κ1) is 14.0. The van der Waals surface area contributed by atoms with Crippen molar-refractivity contribution in [2.45, 2.75) is 6.42 Å². The number of halogens is 3. The molecule has 5 nitrogen and oxygen atoms in total. The highest BCUT2D eigenvalue weighted by atomic mass is 35.5. The van der Waals surface area contributed by atoms with E-state index in [1.807, 2.05) is 0 Å². The van der Waals surface area contributed by atoms with E-state index < -0.39 is 21.5 Å². The Morgan fingerprint density at radius 1 is 1.53 bits per heavy atom. The molecule has 0 aliphatic carbocycles. The molecule has 8 heteroatoms. The van der Waals surface area contributed by atoms with Crippen molar-refractivity contribution in [3.05, 3.63) is 33.1 Å². The fraction of sp³-hybridized carbons (Fsp3) is 0.364. The van der Waals surface area contributed by atoms with E-state index in [4.69, 9.17) is 23.2 Å². The Morgan fingerprint density at radius 3 is 2.74 bits per heavy atom. The highest BCUT2D eigenvalue weighted by Gasteiger charge is 2.36. The second-order valence-electron chi connectivity index (χ2n) is 4.22. The third-order valence-electron chi connectivity index (χ3n) is 2.94. The Labute approximate surface area is 118 Å². The topological polar surface area (TPSA) is 63.5 Å². The molecule has 0 aromatic heterocycles. The molecule has 1 fully saturated rings. The predicted octanol–water partition coefficient (Wildman–Crippen LogP) is 2.98. The minimum atomic E-state index is -0.801. The largest absolute Gasteiger partial charge is 0.305 e. The van der Waals surface area contributed by atoms with Crippen molar-refractivity contribution in [3.63, 3.8) is 0 Å². The van der Waals surface area contributed by atoms with Gasteiger partial charge in [0.25, 0.3) is 5.69 Å². The molecule has 1 amide bonds. The number of nitro groups is 1. The number of nitro benzene ring substituents is 1. The molecule has 2 rings (SSSR count). The van der Waals surface area contributed by atoms with Gasteiger partial charge >= 0.3 is 0 Å². The summed E-state index contributed by atoms with van der Waals surface area (Å²) in [4.78, 5) is 23.2. The van der Waals surface area contributed by atoms with Crippen LogP contribution in [0.3, 0.4) is 0 Å². The number of amides is 1. The Hall–Kier alpha value is -1.40. The van der Waals surface area contributed by atoms with Gasteiger partial charge in [0.1, 0.15) is 16.5 Å². The van der Waals surface area contributed by atoms with Crippen LogP contribution >= 0.6 is 23.2 Å². The molecule has 1 atom stereocenters. The van der Waals surface area contributed by atoms with E-state index in [0.717, 1.165) is 17.0 Å². The maximum Gasteiger partial charge on any atom is 0.294 e. The van der Waals surface area contributed by atoms with Crippen LogP contribution in [0.25, 0.3) is 0 Å². The Balaban J connectivity index is 2.52. The zero-order chi connectivity index (χ0) is 14.2. The van der Waals surface area contributed by atoms with Crippen LogP contribution in [-0.4, -0.2) is 23.3 Å². The van der Waals surface area contributed by atoms with Gasteiger partial charge < -0.3 is 4.90 Å². The minimum absolute atomic E-state index is 0.117. The molecule has 0 saturated carbocycles. The number of hydrogen-bond acceptors (Lipinski definition) is 3. The average Bonchev–Trinajstić information content (AvgIpc) is 2.73. The highest BCUT2D eigenvalue weighted by molar-refractivity contribution is 6.34. The lowest BCUT2D eigenvalue weighted by Gasteiger charge is -2.18. The van der Waals surface area contributed by atoms with Gasteiger partial charge in [-0.3, -0.25) is 14.9 Å². The molecule has 0 N–H and O–H groups in total. The molecule has 0 bridgehead atoms. The second-order valence-corrected chi connectivity index (χ2v) is 4.90. The number of benzene rings is 1. The fourth-order valence-corrected chi connectivity index (χ4v) is 2.50. The summed E-state index contributed by atoms with van der Waals surface area (Å²) in [5, 5.41) is 10.5. The first-order valence-electron chi connectivity index (χ1n) is 5.44. The SMILES string of the molecule is O=C1CC(CCl)CN1c1c([N+](=O)[O-])ccc(F)c1Cl. The Bertz CT molecular complexity index is 553. The lowest BCUT2D eigenvalue weighted by atomic mass is 10.1. The zero-order valence-electron chi connectivity index (χ0n) is 9.61. The number of rotatable bonds is 3. The van der Waals surface area contributed by atoms with Crippen LogP contribution in [0.4, 0.5) is 15.8 Å². The van der Waals surface area contributed by atoms with Crippen LogP contribution in [0.1, 0.15) is 6.42 Å². The van der Waals surface area contributed by atoms with E-state index in [2.05, 4.69) is 0 Å². The van der Waals surface area contributed by atoms with E-state index >= 15 is 0 Å². The van der Waals surface area contributed by atoms with Gasteiger partial charge in [-0.15, -0.1) is 11.6 Å². The Kier molecular flexibility index (Phi) is 3.91. The summed E-state index contributed by atoms with van der Waals surface area (Å²) < 4.78 is 13.5. The van der Waals surface area contributed by atoms with Crippen molar-refractivity contribution in [2.75, 3.05) is 17.3 Å². The van der Waals surface area contributed by atoms with E-state index in [1.165, 1.54) is 0 Å². The number of hydrogen-bond donors (Lipinski definition) is 0. The molecule has 1 unspecified atom stereocenters. The normalized spacial score (nSPS) is 19.0. The lowest BCUT2D eigenvalue weighted by molar-refractivity contribution is -0.384. The van der Waals surface area contributed by atoms with Crippen molar-refractivity contribution in [1.82, 2.24) is 0 Å². The zero-order valence-corrected chi connectivity index (χ0v) is 11.1. The number of anilines is 1. The van der Waals surface area contributed by atoms with Crippen molar-refractivity contribution in [2.24, 2.45) is 5.92 Å². The molecule has 1 aliphatic rings. The molecular formula is C11H9Cl2FN2O3. The smallest absolute Gasteiger partial charge is 0.294 e. The number of alkyl halides is 1.